The molecule has 0 fully saturated rings. The summed E-state index contributed by atoms with van der Waals surface area (Å²) in [6.45, 7) is 2.46. The SMILES string of the molecule is CCCCOC(=O)c1ccc(NC(=S)NC(=O)c2csc3ccccc23)cc1. The Hall–Kier alpha value is -2.77. The van der Waals surface area contributed by atoms with Crippen molar-refractivity contribution in [3.63, 3.8) is 0 Å². The van der Waals surface area contributed by atoms with E-state index < -0.39 is 0 Å². The number of nitrogens with one attached hydrogen (secondary N) is 2. The fourth-order valence-corrected chi connectivity index (χ4v) is 3.72. The van der Waals surface area contributed by atoms with Gasteiger partial charge in [0.05, 0.1) is 17.7 Å². The molecular formula is C21H20N2O3S2. The molecule has 1 aromatic heterocycles. The Morgan fingerprint density at radius 3 is 2.61 bits per heavy atom. The molecule has 0 aliphatic rings. The summed E-state index contributed by atoms with van der Waals surface area (Å²) in [6.07, 6.45) is 1.82. The summed E-state index contributed by atoms with van der Waals surface area (Å²) in [4.78, 5) is 24.4. The van der Waals surface area contributed by atoms with Gasteiger partial charge < -0.3 is 10.1 Å². The van der Waals surface area contributed by atoms with Gasteiger partial charge in [0.15, 0.2) is 5.11 Å². The maximum absolute atomic E-state index is 12.5. The van der Waals surface area contributed by atoms with Crippen molar-refractivity contribution in [1.29, 1.82) is 0 Å². The van der Waals surface area contributed by atoms with Crippen molar-refractivity contribution in [2.24, 2.45) is 0 Å². The molecule has 0 saturated carbocycles. The summed E-state index contributed by atoms with van der Waals surface area (Å²) >= 11 is 6.75. The van der Waals surface area contributed by atoms with Crippen LogP contribution in [0.3, 0.4) is 0 Å². The highest BCUT2D eigenvalue weighted by atomic mass is 32.1. The van der Waals surface area contributed by atoms with Crippen LogP contribution in [0.15, 0.2) is 53.9 Å². The molecule has 28 heavy (non-hydrogen) atoms. The molecule has 144 valence electrons. The molecular weight excluding hydrogens is 392 g/mol. The van der Waals surface area contributed by atoms with Crippen LogP contribution in [-0.2, 0) is 4.74 Å². The largest absolute Gasteiger partial charge is 0.462 e. The molecule has 3 rings (SSSR count). The maximum Gasteiger partial charge on any atom is 0.338 e. The molecule has 0 spiro atoms. The van der Waals surface area contributed by atoms with E-state index in [1.165, 1.54) is 11.3 Å². The van der Waals surface area contributed by atoms with Gasteiger partial charge in [0.1, 0.15) is 0 Å². The lowest BCUT2D eigenvalue weighted by Crippen LogP contribution is -2.33. The van der Waals surface area contributed by atoms with Crippen molar-refractivity contribution < 1.29 is 14.3 Å². The molecule has 0 unspecified atom stereocenters. The minimum Gasteiger partial charge on any atom is -0.462 e. The van der Waals surface area contributed by atoms with Crippen molar-refractivity contribution in [2.45, 2.75) is 19.8 Å². The van der Waals surface area contributed by atoms with E-state index in [2.05, 4.69) is 10.6 Å². The average Bonchev–Trinajstić information content (AvgIpc) is 3.13. The second-order valence-corrected chi connectivity index (χ2v) is 7.44. The number of hydrogen-bond acceptors (Lipinski definition) is 5. The molecule has 1 heterocycles. The Bertz CT molecular complexity index is 996. The van der Waals surface area contributed by atoms with Crippen LogP contribution in [0.1, 0.15) is 40.5 Å². The molecule has 0 saturated heterocycles. The molecule has 2 aromatic carbocycles. The van der Waals surface area contributed by atoms with Gasteiger partial charge >= 0.3 is 5.97 Å². The summed E-state index contributed by atoms with van der Waals surface area (Å²) in [5.41, 5.74) is 1.74. The first-order chi connectivity index (χ1) is 13.6. The molecule has 1 amide bonds. The monoisotopic (exact) mass is 412 g/mol. The minimum atomic E-state index is -0.347. The van der Waals surface area contributed by atoms with Crippen molar-refractivity contribution in [3.05, 3.63) is 65.0 Å². The number of rotatable bonds is 6. The van der Waals surface area contributed by atoms with Crippen LogP contribution in [-0.4, -0.2) is 23.6 Å². The van der Waals surface area contributed by atoms with Crippen LogP contribution in [0.5, 0.6) is 0 Å². The van der Waals surface area contributed by atoms with E-state index >= 15 is 0 Å². The summed E-state index contributed by atoms with van der Waals surface area (Å²) in [5, 5.41) is 8.56. The summed E-state index contributed by atoms with van der Waals surface area (Å²) in [6, 6.07) is 14.5. The number of fused-ring (bicyclic) bond motifs is 1. The number of benzene rings is 2. The van der Waals surface area contributed by atoms with Crippen molar-refractivity contribution >= 4 is 56.3 Å². The van der Waals surface area contributed by atoms with Crippen molar-refractivity contribution in [3.8, 4) is 0 Å². The number of amides is 1. The summed E-state index contributed by atoms with van der Waals surface area (Å²) in [7, 11) is 0. The zero-order valence-corrected chi connectivity index (χ0v) is 17.0. The average molecular weight is 413 g/mol. The highest BCUT2D eigenvalue weighted by Crippen LogP contribution is 2.25. The number of thiocarbonyl (C=S) groups is 1. The zero-order valence-electron chi connectivity index (χ0n) is 15.4. The number of ether oxygens (including phenoxy) is 1. The Balaban J connectivity index is 1.57. The van der Waals surface area contributed by atoms with Gasteiger partial charge in [-0.15, -0.1) is 11.3 Å². The van der Waals surface area contributed by atoms with Crippen molar-refractivity contribution in [2.75, 3.05) is 11.9 Å². The lowest BCUT2D eigenvalue weighted by molar-refractivity contribution is 0.0499. The quantitative estimate of drug-likeness (QED) is 0.339. The highest BCUT2D eigenvalue weighted by molar-refractivity contribution is 7.80. The minimum absolute atomic E-state index is 0.193. The van der Waals surface area contributed by atoms with Gasteiger partial charge in [-0.05, 0) is 49.0 Å². The fraction of sp³-hybridized carbons (Fsp3) is 0.190. The van der Waals surface area contributed by atoms with Crippen LogP contribution in [0.25, 0.3) is 10.1 Å². The standard InChI is InChI=1S/C21H20N2O3S2/c1-2-3-12-26-20(25)14-8-10-15(11-9-14)22-21(27)23-19(24)17-13-28-18-7-5-4-6-16(17)18/h4-11,13H,2-3,12H2,1H3,(H2,22,23,24,27). The summed E-state index contributed by atoms with van der Waals surface area (Å²) < 4.78 is 6.23. The van der Waals surface area contributed by atoms with Crippen LogP contribution < -0.4 is 10.6 Å². The predicted octanol–water partition coefficient (Wildman–Crippen LogP) is 4.99. The van der Waals surface area contributed by atoms with Gasteiger partial charge in [0, 0.05) is 21.2 Å². The van der Waals surface area contributed by atoms with E-state index in [0.29, 0.717) is 23.4 Å². The molecule has 0 atom stereocenters. The Morgan fingerprint density at radius 2 is 1.86 bits per heavy atom. The molecule has 0 radical (unpaired) electrons. The Morgan fingerprint density at radius 1 is 1.11 bits per heavy atom. The van der Waals surface area contributed by atoms with Gasteiger partial charge in [-0.3, -0.25) is 10.1 Å². The van der Waals surface area contributed by atoms with E-state index in [4.69, 9.17) is 17.0 Å². The van der Waals surface area contributed by atoms with Gasteiger partial charge in [-0.2, -0.15) is 0 Å². The van der Waals surface area contributed by atoms with E-state index in [1.54, 1.807) is 24.3 Å². The number of unbranched alkanes of at least 4 members (excludes halogenated alkanes) is 1. The molecule has 0 aliphatic heterocycles. The summed E-state index contributed by atoms with van der Waals surface area (Å²) in [5.74, 6) is -0.605. The van der Waals surface area contributed by atoms with E-state index in [1.807, 2.05) is 36.6 Å². The normalized spacial score (nSPS) is 10.5. The predicted molar refractivity (Wildman–Crippen MR) is 117 cm³/mol. The number of carbonyl (C=O) groups is 2. The Kier molecular flexibility index (Phi) is 6.73. The van der Waals surface area contributed by atoms with Crippen LogP contribution in [0, 0.1) is 0 Å². The maximum atomic E-state index is 12.5. The third-order valence-corrected chi connectivity index (χ3v) is 5.23. The van der Waals surface area contributed by atoms with Gasteiger partial charge in [-0.1, -0.05) is 31.5 Å². The zero-order chi connectivity index (χ0) is 19.9. The number of hydrogen-bond donors (Lipinski definition) is 2. The third kappa shape index (κ3) is 4.94. The van der Waals surface area contributed by atoms with Crippen LogP contribution in [0.4, 0.5) is 5.69 Å². The smallest absolute Gasteiger partial charge is 0.338 e. The highest BCUT2D eigenvalue weighted by Gasteiger charge is 2.13. The first kappa shape index (κ1) is 20.0. The molecule has 7 heteroatoms. The van der Waals surface area contributed by atoms with E-state index in [-0.39, 0.29) is 17.0 Å². The van der Waals surface area contributed by atoms with Gasteiger partial charge in [0.2, 0.25) is 0 Å². The molecule has 2 N–H and O–H groups in total. The topological polar surface area (TPSA) is 67.4 Å². The Labute approximate surface area is 172 Å². The van der Waals surface area contributed by atoms with E-state index in [0.717, 1.165) is 22.9 Å². The second kappa shape index (κ2) is 9.43. The van der Waals surface area contributed by atoms with E-state index in [9.17, 15) is 9.59 Å². The lowest BCUT2D eigenvalue weighted by Gasteiger charge is -2.10. The molecule has 0 bridgehead atoms. The number of thiophene rings is 1. The molecule has 0 aliphatic carbocycles. The van der Waals surface area contributed by atoms with Crippen LogP contribution >= 0.6 is 23.6 Å². The molecule has 5 nitrogen and oxygen atoms in total. The van der Waals surface area contributed by atoms with Crippen LogP contribution in [0.2, 0.25) is 0 Å². The lowest BCUT2D eigenvalue weighted by atomic mass is 10.2. The fourth-order valence-electron chi connectivity index (χ4n) is 2.57. The van der Waals surface area contributed by atoms with Crippen molar-refractivity contribution in [1.82, 2.24) is 5.32 Å². The first-order valence-corrected chi connectivity index (χ1v) is 10.2. The number of esters is 1. The first-order valence-electron chi connectivity index (χ1n) is 8.94. The number of anilines is 1. The second-order valence-electron chi connectivity index (χ2n) is 6.12. The third-order valence-electron chi connectivity index (χ3n) is 4.06. The van der Waals surface area contributed by atoms with Gasteiger partial charge in [0.25, 0.3) is 5.91 Å². The van der Waals surface area contributed by atoms with Gasteiger partial charge in [-0.25, -0.2) is 4.79 Å². The molecule has 3 aromatic rings. The number of carbonyl (C=O) groups excluding carboxylic acids is 2.